The second kappa shape index (κ2) is 10.9. The van der Waals surface area contributed by atoms with Crippen molar-refractivity contribution in [1.82, 2.24) is 0 Å². The molecule has 0 radical (unpaired) electrons. The fraction of sp³-hybridized carbons (Fsp3) is 1.00. The molecule has 4 N–H and O–H groups in total. The van der Waals surface area contributed by atoms with Crippen molar-refractivity contribution < 1.29 is 19.7 Å². The minimum atomic E-state index is -0.688. The molecule has 86 valence electrons. The van der Waals surface area contributed by atoms with Gasteiger partial charge in [-0.1, -0.05) is 0 Å². The molecule has 5 heteroatoms. The molecule has 5 nitrogen and oxygen atoms in total. The molecule has 0 unspecified atom stereocenters. The first kappa shape index (κ1) is 13.8. The Labute approximate surface area is 84.8 Å². The summed E-state index contributed by atoms with van der Waals surface area (Å²) in [7, 11) is 0. The lowest BCUT2D eigenvalue weighted by molar-refractivity contribution is -0.140. The van der Waals surface area contributed by atoms with Crippen molar-refractivity contribution in [2.45, 2.75) is 32.1 Å². The molecule has 0 aromatic carbocycles. The Bertz CT molecular complexity index is 101. The van der Waals surface area contributed by atoms with Crippen LogP contribution in [0.5, 0.6) is 0 Å². The van der Waals surface area contributed by atoms with Crippen molar-refractivity contribution in [3.8, 4) is 0 Å². The highest BCUT2D eigenvalue weighted by atomic mass is 16.7. The Balaban J connectivity index is 3.07. The summed E-state index contributed by atoms with van der Waals surface area (Å²) in [6, 6.07) is 0. The van der Waals surface area contributed by atoms with E-state index in [9.17, 15) is 0 Å². The Hall–Kier alpha value is -0.200. The number of hydrogen-bond acceptors (Lipinski definition) is 5. The molecule has 0 spiro atoms. The summed E-state index contributed by atoms with van der Waals surface area (Å²) in [5.74, 6) is 0. The molecule has 0 saturated carbocycles. The molecule has 0 rings (SSSR count). The second-order valence-electron chi connectivity index (χ2n) is 2.97. The summed E-state index contributed by atoms with van der Waals surface area (Å²) in [5.41, 5.74) is 5.47. The van der Waals surface area contributed by atoms with Crippen molar-refractivity contribution >= 4 is 0 Å². The first-order valence-corrected chi connectivity index (χ1v) is 5.01. The molecule has 14 heavy (non-hydrogen) atoms. The van der Waals surface area contributed by atoms with Crippen molar-refractivity contribution in [2.24, 2.45) is 5.73 Å². The highest BCUT2D eigenvalue weighted by Gasteiger charge is 2.00. The van der Waals surface area contributed by atoms with Gasteiger partial charge in [0, 0.05) is 13.2 Å². The fourth-order valence-corrected chi connectivity index (χ4v) is 0.875. The minimum absolute atomic E-state index is 0.177. The molecule has 0 saturated heterocycles. The lowest BCUT2D eigenvalue weighted by atomic mass is 10.3. The van der Waals surface area contributed by atoms with Crippen molar-refractivity contribution in [1.29, 1.82) is 0 Å². The summed E-state index contributed by atoms with van der Waals surface area (Å²) < 4.78 is 10.2. The zero-order valence-electron chi connectivity index (χ0n) is 8.52. The molecular weight excluding hydrogens is 186 g/mol. The lowest BCUT2D eigenvalue weighted by Gasteiger charge is -2.13. The second-order valence-corrected chi connectivity index (χ2v) is 2.97. The van der Waals surface area contributed by atoms with Gasteiger partial charge in [-0.25, -0.2) is 0 Å². The first-order chi connectivity index (χ1) is 6.81. The van der Waals surface area contributed by atoms with Gasteiger partial charge in [-0.15, -0.1) is 0 Å². The third kappa shape index (κ3) is 9.88. The normalized spacial score (nSPS) is 11.1. The summed E-state index contributed by atoms with van der Waals surface area (Å²) in [6.45, 7) is 1.36. The van der Waals surface area contributed by atoms with Gasteiger partial charge in [0.05, 0.1) is 13.2 Å². The van der Waals surface area contributed by atoms with E-state index in [-0.39, 0.29) is 13.2 Å². The van der Waals surface area contributed by atoms with Crippen LogP contribution in [0, 0.1) is 0 Å². The van der Waals surface area contributed by atoms with Crippen LogP contribution in [0.4, 0.5) is 0 Å². The van der Waals surface area contributed by atoms with Crippen LogP contribution in [0.1, 0.15) is 25.7 Å². The van der Waals surface area contributed by atoms with Gasteiger partial charge in [0.15, 0.2) is 0 Å². The van der Waals surface area contributed by atoms with Gasteiger partial charge in [-0.2, -0.15) is 0 Å². The lowest BCUT2D eigenvalue weighted by Crippen LogP contribution is -2.28. The van der Waals surface area contributed by atoms with E-state index in [1.54, 1.807) is 0 Å². The predicted molar refractivity (Wildman–Crippen MR) is 52.5 cm³/mol. The van der Waals surface area contributed by atoms with Crippen molar-refractivity contribution in [3.63, 3.8) is 0 Å². The van der Waals surface area contributed by atoms with Crippen LogP contribution in [0.2, 0.25) is 0 Å². The highest BCUT2D eigenvalue weighted by molar-refractivity contribution is 4.39. The van der Waals surface area contributed by atoms with Gasteiger partial charge in [-0.05, 0) is 25.7 Å². The number of aliphatic hydroxyl groups excluding tert-OH is 2. The molecule has 0 fully saturated rings. The monoisotopic (exact) mass is 207 g/mol. The number of unbranched alkanes of at least 4 members (excludes halogenated alkanes) is 2. The molecule has 0 aliphatic carbocycles. The molecule has 0 aliphatic rings. The molecule has 0 aromatic heterocycles. The van der Waals surface area contributed by atoms with Crippen LogP contribution in [-0.4, -0.2) is 43.1 Å². The average Bonchev–Trinajstić information content (AvgIpc) is 2.19. The summed E-state index contributed by atoms with van der Waals surface area (Å²) >= 11 is 0. The highest BCUT2D eigenvalue weighted by Crippen LogP contribution is 1.95. The quantitative estimate of drug-likeness (QED) is 0.341. The standard InChI is InChI=1S/C9H21NO4/c10-9(13-7-3-1-5-11)14-8-4-2-6-12/h9,11-12H,1-8,10H2. The minimum Gasteiger partial charge on any atom is -0.396 e. The smallest absolute Gasteiger partial charge is 0.213 e. The van der Waals surface area contributed by atoms with Gasteiger partial charge >= 0.3 is 0 Å². The fourth-order valence-electron chi connectivity index (χ4n) is 0.875. The molecule has 0 amide bonds. The topological polar surface area (TPSA) is 84.9 Å². The van der Waals surface area contributed by atoms with E-state index in [0.717, 1.165) is 25.7 Å². The van der Waals surface area contributed by atoms with E-state index in [2.05, 4.69) is 0 Å². The van der Waals surface area contributed by atoms with Gasteiger partial charge < -0.3 is 19.7 Å². The van der Waals surface area contributed by atoms with Crippen LogP contribution in [0.3, 0.4) is 0 Å². The summed E-state index contributed by atoms with van der Waals surface area (Å²) in [6.07, 6.45) is 2.32. The maximum atomic E-state index is 8.49. The average molecular weight is 207 g/mol. The largest absolute Gasteiger partial charge is 0.396 e. The van der Waals surface area contributed by atoms with E-state index in [1.807, 2.05) is 0 Å². The molecule has 0 aliphatic heterocycles. The summed E-state index contributed by atoms with van der Waals surface area (Å²) in [5, 5.41) is 17.0. The van der Waals surface area contributed by atoms with Crippen LogP contribution >= 0.6 is 0 Å². The van der Waals surface area contributed by atoms with E-state index in [1.165, 1.54) is 0 Å². The number of rotatable bonds is 10. The Kier molecular flexibility index (Phi) is 10.7. The SMILES string of the molecule is NC(OCCCCO)OCCCCO. The molecular formula is C9H21NO4. The third-order valence-corrected chi connectivity index (χ3v) is 1.67. The third-order valence-electron chi connectivity index (χ3n) is 1.67. The van der Waals surface area contributed by atoms with E-state index in [0.29, 0.717) is 13.2 Å². The van der Waals surface area contributed by atoms with Gasteiger partial charge in [-0.3, -0.25) is 5.73 Å². The van der Waals surface area contributed by atoms with E-state index in [4.69, 9.17) is 25.4 Å². The molecule has 0 bridgehead atoms. The van der Waals surface area contributed by atoms with Gasteiger partial charge in [0.1, 0.15) is 0 Å². The van der Waals surface area contributed by atoms with Crippen LogP contribution < -0.4 is 5.73 Å². The van der Waals surface area contributed by atoms with E-state index < -0.39 is 6.41 Å². The van der Waals surface area contributed by atoms with E-state index >= 15 is 0 Å². The Morgan fingerprint density at radius 2 is 1.29 bits per heavy atom. The molecule has 0 aromatic rings. The van der Waals surface area contributed by atoms with Crippen LogP contribution in [-0.2, 0) is 9.47 Å². The molecule has 0 atom stereocenters. The van der Waals surface area contributed by atoms with Crippen LogP contribution in [0.15, 0.2) is 0 Å². The zero-order chi connectivity index (χ0) is 10.6. The van der Waals surface area contributed by atoms with Crippen molar-refractivity contribution in [2.75, 3.05) is 26.4 Å². The summed E-state index contributed by atoms with van der Waals surface area (Å²) in [4.78, 5) is 0. The van der Waals surface area contributed by atoms with Gasteiger partial charge in [0.25, 0.3) is 0 Å². The Morgan fingerprint density at radius 1 is 0.857 bits per heavy atom. The van der Waals surface area contributed by atoms with Gasteiger partial charge in [0.2, 0.25) is 6.41 Å². The first-order valence-electron chi connectivity index (χ1n) is 5.01. The number of nitrogens with two attached hydrogens (primary N) is 1. The zero-order valence-corrected chi connectivity index (χ0v) is 8.52. The molecule has 0 heterocycles. The Morgan fingerprint density at radius 3 is 1.64 bits per heavy atom. The predicted octanol–water partition coefficient (Wildman–Crippen LogP) is -0.193. The number of ether oxygens (including phenoxy) is 2. The van der Waals surface area contributed by atoms with Crippen molar-refractivity contribution in [3.05, 3.63) is 0 Å². The number of hydrogen-bond donors (Lipinski definition) is 3. The maximum Gasteiger partial charge on any atom is 0.213 e. The van der Waals surface area contributed by atoms with Crippen LogP contribution in [0.25, 0.3) is 0 Å². The number of aliphatic hydroxyl groups is 2. The maximum absolute atomic E-state index is 8.49.